The number of aliphatic hydroxyl groups is 1. The van der Waals surface area contributed by atoms with Crippen molar-refractivity contribution in [3.63, 3.8) is 0 Å². The predicted molar refractivity (Wildman–Crippen MR) is 104 cm³/mol. The first-order valence-corrected chi connectivity index (χ1v) is 9.40. The van der Waals surface area contributed by atoms with Gasteiger partial charge in [-0.1, -0.05) is 24.3 Å². The van der Waals surface area contributed by atoms with Gasteiger partial charge in [0.2, 0.25) is 0 Å². The zero-order valence-corrected chi connectivity index (χ0v) is 14.9. The Morgan fingerprint density at radius 3 is 2.56 bits per heavy atom. The summed E-state index contributed by atoms with van der Waals surface area (Å²) in [5, 5.41) is 15.7. The molecule has 1 aliphatic heterocycles. The van der Waals surface area contributed by atoms with Crippen LogP contribution >= 0.6 is 0 Å². The summed E-state index contributed by atoms with van der Waals surface area (Å²) in [6.07, 6.45) is 0.790. The highest BCUT2D eigenvalue weighted by molar-refractivity contribution is 6.08. The SMILES string of the molecule is CCn1c2ccccc2c2cc([C@@H](CCO)N3CCNCC3)ccc21. The number of rotatable bonds is 5. The lowest BCUT2D eigenvalue weighted by Gasteiger charge is -2.35. The first kappa shape index (κ1) is 16.6. The fourth-order valence-electron chi connectivity index (χ4n) is 4.30. The number of benzene rings is 2. The van der Waals surface area contributed by atoms with Gasteiger partial charge in [-0.25, -0.2) is 0 Å². The molecule has 2 heterocycles. The van der Waals surface area contributed by atoms with Crippen LogP contribution in [-0.4, -0.2) is 47.4 Å². The quantitative estimate of drug-likeness (QED) is 0.751. The second-order valence-corrected chi connectivity index (χ2v) is 6.85. The summed E-state index contributed by atoms with van der Waals surface area (Å²) in [5.41, 5.74) is 3.93. The molecule has 0 amide bonds. The molecule has 0 radical (unpaired) electrons. The number of para-hydroxylation sites is 1. The maximum atomic E-state index is 9.61. The Kier molecular flexibility index (Phi) is 4.75. The summed E-state index contributed by atoms with van der Waals surface area (Å²) in [6.45, 7) is 7.54. The van der Waals surface area contributed by atoms with Crippen molar-refractivity contribution in [3.05, 3.63) is 48.0 Å². The highest BCUT2D eigenvalue weighted by Crippen LogP contribution is 2.33. The van der Waals surface area contributed by atoms with Crippen molar-refractivity contribution in [2.45, 2.75) is 25.9 Å². The Morgan fingerprint density at radius 1 is 1.04 bits per heavy atom. The van der Waals surface area contributed by atoms with Gasteiger partial charge in [0, 0.05) is 67.2 Å². The molecular formula is C21H27N3O. The summed E-state index contributed by atoms with van der Waals surface area (Å²) >= 11 is 0. The van der Waals surface area contributed by atoms with E-state index in [9.17, 15) is 5.11 Å². The van der Waals surface area contributed by atoms with Crippen molar-refractivity contribution >= 4 is 21.8 Å². The van der Waals surface area contributed by atoms with Gasteiger partial charge in [0.25, 0.3) is 0 Å². The average molecular weight is 337 g/mol. The van der Waals surface area contributed by atoms with Crippen LogP contribution in [0, 0.1) is 0 Å². The molecule has 0 saturated carbocycles. The van der Waals surface area contributed by atoms with E-state index in [1.807, 2.05) is 0 Å². The van der Waals surface area contributed by atoms with Crippen LogP contribution in [0.4, 0.5) is 0 Å². The molecular weight excluding hydrogens is 310 g/mol. The van der Waals surface area contributed by atoms with Gasteiger partial charge in [-0.2, -0.15) is 0 Å². The monoisotopic (exact) mass is 337 g/mol. The van der Waals surface area contributed by atoms with E-state index in [2.05, 4.69) is 64.2 Å². The van der Waals surface area contributed by atoms with Crippen LogP contribution in [0.2, 0.25) is 0 Å². The molecule has 1 aliphatic rings. The number of aromatic nitrogens is 1. The van der Waals surface area contributed by atoms with Crippen molar-refractivity contribution in [2.75, 3.05) is 32.8 Å². The summed E-state index contributed by atoms with van der Waals surface area (Å²) < 4.78 is 2.39. The zero-order valence-electron chi connectivity index (χ0n) is 14.9. The third kappa shape index (κ3) is 2.95. The van der Waals surface area contributed by atoms with E-state index in [1.165, 1.54) is 27.4 Å². The van der Waals surface area contributed by atoms with Crippen LogP contribution in [0.5, 0.6) is 0 Å². The van der Waals surface area contributed by atoms with Gasteiger partial charge in [0.15, 0.2) is 0 Å². The first-order chi connectivity index (χ1) is 12.3. The molecule has 0 aliphatic carbocycles. The van der Waals surface area contributed by atoms with Crippen LogP contribution in [0.1, 0.15) is 24.9 Å². The minimum Gasteiger partial charge on any atom is -0.396 e. The molecule has 0 unspecified atom stereocenters. The molecule has 2 aromatic carbocycles. The van der Waals surface area contributed by atoms with Gasteiger partial charge < -0.3 is 15.0 Å². The molecule has 25 heavy (non-hydrogen) atoms. The number of piperazine rings is 1. The molecule has 4 rings (SSSR count). The third-order valence-electron chi connectivity index (χ3n) is 5.49. The van der Waals surface area contributed by atoms with Gasteiger partial charge in [0.1, 0.15) is 0 Å². The van der Waals surface area contributed by atoms with Gasteiger partial charge in [-0.15, -0.1) is 0 Å². The van der Waals surface area contributed by atoms with Crippen molar-refractivity contribution in [2.24, 2.45) is 0 Å². The molecule has 3 aromatic rings. The van der Waals surface area contributed by atoms with Crippen LogP contribution < -0.4 is 5.32 Å². The van der Waals surface area contributed by atoms with E-state index in [0.29, 0.717) is 6.04 Å². The molecule has 132 valence electrons. The minimum atomic E-state index is 0.226. The fraction of sp³-hybridized carbons (Fsp3) is 0.429. The topological polar surface area (TPSA) is 40.4 Å². The normalized spacial score (nSPS) is 17.4. The second kappa shape index (κ2) is 7.16. The number of aryl methyl sites for hydroxylation is 1. The Labute approximate surface area is 149 Å². The zero-order chi connectivity index (χ0) is 17.2. The fourth-order valence-corrected chi connectivity index (χ4v) is 4.30. The standard InChI is InChI=1S/C21H27N3O/c1-2-24-20-6-4-3-5-17(20)18-15-16(7-8-21(18)24)19(9-14-25)23-12-10-22-11-13-23/h3-8,15,19,22,25H,2,9-14H2,1H3/t19-/m1/s1. The van der Waals surface area contributed by atoms with E-state index >= 15 is 0 Å². The number of hydrogen-bond acceptors (Lipinski definition) is 3. The highest BCUT2D eigenvalue weighted by Gasteiger charge is 2.22. The third-order valence-corrected chi connectivity index (χ3v) is 5.49. The van der Waals surface area contributed by atoms with Gasteiger partial charge in [-0.05, 0) is 37.1 Å². The van der Waals surface area contributed by atoms with Gasteiger partial charge >= 0.3 is 0 Å². The average Bonchev–Trinajstić information content (AvgIpc) is 3.00. The number of fused-ring (bicyclic) bond motifs is 3. The van der Waals surface area contributed by atoms with Crippen LogP contribution in [0.3, 0.4) is 0 Å². The molecule has 1 atom stereocenters. The number of aliphatic hydroxyl groups excluding tert-OH is 1. The lowest BCUT2D eigenvalue weighted by atomic mass is 9.99. The van der Waals surface area contributed by atoms with E-state index < -0.39 is 0 Å². The first-order valence-electron chi connectivity index (χ1n) is 9.40. The van der Waals surface area contributed by atoms with Crippen molar-refractivity contribution in [1.82, 2.24) is 14.8 Å². The Bertz CT molecular complexity index is 864. The Hall–Kier alpha value is -1.88. The van der Waals surface area contributed by atoms with E-state index in [0.717, 1.165) is 39.1 Å². The molecule has 0 bridgehead atoms. The maximum Gasteiger partial charge on any atom is 0.0491 e. The molecule has 4 nitrogen and oxygen atoms in total. The minimum absolute atomic E-state index is 0.226. The van der Waals surface area contributed by atoms with Crippen molar-refractivity contribution in [3.8, 4) is 0 Å². The molecule has 1 aromatic heterocycles. The van der Waals surface area contributed by atoms with Crippen molar-refractivity contribution < 1.29 is 5.11 Å². The molecule has 1 fully saturated rings. The maximum absolute atomic E-state index is 9.61. The predicted octanol–water partition coefficient (Wildman–Crippen LogP) is 3.14. The summed E-state index contributed by atoms with van der Waals surface area (Å²) in [4.78, 5) is 2.51. The van der Waals surface area contributed by atoms with Crippen molar-refractivity contribution in [1.29, 1.82) is 0 Å². The molecule has 1 saturated heterocycles. The number of nitrogens with zero attached hydrogens (tertiary/aromatic N) is 2. The summed E-state index contributed by atoms with van der Waals surface area (Å²) in [7, 11) is 0. The molecule has 2 N–H and O–H groups in total. The van der Waals surface area contributed by atoms with E-state index in [1.54, 1.807) is 0 Å². The Morgan fingerprint density at radius 2 is 1.80 bits per heavy atom. The lowest BCUT2D eigenvalue weighted by Crippen LogP contribution is -2.45. The summed E-state index contributed by atoms with van der Waals surface area (Å²) in [5.74, 6) is 0. The largest absolute Gasteiger partial charge is 0.396 e. The second-order valence-electron chi connectivity index (χ2n) is 6.85. The Balaban J connectivity index is 1.82. The molecule has 0 spiro atoms. The smallest absolute Gasteiger partial charge is 0.0491 e. The molecule has 4 heteroatoms. The van der Waals surface area contributed by atoms with Gasteiger partial charge in [0.05, 0.1) is 0 Å². The lowest BCUT2D eigenvalue weighted by molar-refractivity contribution is 0.141. The highest BCUT2D eigenvalue weighted by atomic mass is 16.3. The number of hydrogen-bond donors (Lipinski definition) is 2. The van der Waals surface area contributed by atoms with E-state index in [-0.39, 0.29) is 6.61 Å². The van der Waals surface area contributed by atoms with E-state index in [4.69, 9.17) is 0 Å². The van der Waals surface area contributed by atoms with Crippen LogP contribution in [0.25, 0.3) is 21.8 Å². The number of nitrogens with one attached hydrogen (secondary N) is 1. The van der Waals surface area contributed by atoms with Crippen LogP contribution in [0.15, 0.2) is 42.5 Å². The van der Waals surface area contributed by atoms with Gasteiger partial charge in [-0.3, -0.25) is 4.90 Å². The summed E-state index contributed by atoms with van der Waals surface area (Å²) in [6, 6.07) is 15.8. The van der Waals surface area contributed by atoms with Crippen LogP contribution in [-0.2, 0) is 6.54 Å².